The molecule has 1 aliphatic rings. The van der Waals surface area contributed by atoms with Crippen LogP contribution < -0.4 is 5.73 Å². The van der Waals surface area contributed by atoms with Crippen LogP contribution in [0, 0.1) is 5.41 Å². The third kappa shape index (κ3) is 2.90. The van der Waals surface area contributed by atoms with Crippen molar-refractivity contribution in [2.45, 2.75) is 38.4 Å². The normalized spacial score (nSPS) is 26.8. The van der Waals surface area contributed by atoms with E-state index in [0.29, 0.717) is 0 Å². The Kier molecular flexibility index (Phi) is 5.16. The van der Waals surface area contributed by atoms with Gasteiger partial charge in [-0.05, 0) is 24.5 Å². The fourth-order valence-electron chi connectivity index (χ4n) is 3.38. The number of carbonyl (C=O) groups is 1. The van der Waals surface area contributed by atoms with Gasteiger partial charge >= 0.3 is 5.97 Å². The summed E-state index contributed by atoms with van der Waals surface area (Å²) in [6.07, 6.45) is 0.904. The van der Waals surface area contributed by atoms with Crippen LogP contribution in [0.15, 0.2) is 24.3 Å². The Hall–Kier alpha value is -1.40. The second-order valence-electron chi connectivity index (χ2n) is 5.91. The first-order chi connectivity index (χ1) is 10.9. The minimum absolute atomic E-state index is 0.0115. The average molecular weight is 339 g/mol. The standard InChI is InChI=1S/C17H25NO4S/c1-4-12-7-9-13(10-8-12)14-15(23(20,21)6-3)17(14,11-18)16(19)22-5-2/h7-10,14-15H,4-6,11,18H2,1-3H3/t14-,15+,17+/m1/s1. The molecule has 0 heterocycles. The van der Waals surface area contributed by atoms with Crippen LogP contribution in [-0.4, -0.2) is 38.5 Å². The van der Waals surface area contributed by atoms with Crippen molar-refractivity contribution >= 4 is 15.8 Å². The number of esters is 1. The fraction of sp³-hybridized carbons (Fsp3) is 0.588. The molecule has 0 spiro atoms. The van der Waals surface area contributed by atoms with E-state index >= 15 is 0 Å². The second-order valence-corrected chi connectivity index (χ2v) is 8.32. The molecule has 0 aromatic heterocycles. The largest absolute Gasteiger partial charge is 0.465 e. The van der Waals surface area contributed by atoms with E-state index in [0.717, 1.165) is 12.0 Å². The van der Waals surface area contributed by atoms with Crippen molar-refractivity contribution in [3.63, 3.8) is 0 Å². The number of ether oxygens (including phenoxy) is 1. The van der Waals surface area contributed by atoms with Gasteiger partial charge in [0.1, 0.15) is 5.41 Å². The van der Waals surface area contributed by atoms with E-state index in [1.165, 1.54) is 5.56 Å². The third-order valence-corrected chi connectivity index (χ3v) is 7.06. The molecule has 0 unspecified atom stereocenters. The fourth-order valence-corrected chi connectivity index (χ4v) is 5.46. The maximum Gasteiger partial charge on any atom is 0.315 e. The Labute approximate surface area is 138 Å². The minimum atomic E-state index is -3.40. The maximum absolute atomic E-state index is 12.5. The lowest BCUT2D eigenvalue weighted by atomic mass is 9.98. The van der Waals surface area contributed by atoms with E-state index in [-0.39, 0.29) is 18.9 Å². The van der Waals surface area contributed by atoms with Gasteiger partial charge in [-0.3, -0.25) is 4.79 Å². The molecule has 0 saturated heterocycles. The lowest BCUT2D eigenvalue weighted by molar-refractivity contribution is -0.149. The Morgan fingerprint density at radius 3 is 2.26 bits per heavy atom. The van der Waals surface area contributed by atoms with E-state index < -0.39 is 32.4 Å². The molecule has 2 rings (SSSR count). The van der Waals surface area contributed by atoms with E-state index in [1.807, 2.05) is 24.3 Å². The van der Waals surface area contributed by atoms with Crippen LogP contribution in [0.1, 0.15) is 37.8 Å². The number of aryl methyl sites for hydroxylation is 1. The first-order valence-corrected chi connectivity index (χ1v) is 9.78. The van der Waals surface area contributed by atoms with Crippen LogP contribution in [-0.2, 0) is 25.8 Å². The van der Waals surface area contributed by atoms with Gasteiger partial charge in [0.25, 0.3) is 0 Å². The number of hydrogen-bond donors (Lipinski definition) is 1. The molecule has 6 heteroatoms. The molecule has 0 aliphatic heterocycles. The molecule has 5 nitrogen and oxygen atoms in total. The van der Waals surface area contributed by atoms with Crippen molar-refractivity contribution in [2.24, 2.45) is 11.1 Å². The number of hydrogen-bond acceptors (Lipinski definition) is 5. The molecule has 0 amide bonds. The summed E-state index contributed by atoms with van der Waals surface area (Å²) < 4.78 is 30.1. The molecule has 1 aromatic carbocycles. The monoisotopic (exact) mass is 339 g/mol. The van der Waals surface area contributed by atoms with Crippen molar-refractivity contribution < 1.29 is 17.9 Å². The highest BCUT2D eigenvalue weighted by atomic mass is 32.2. The van der Waals surface area contributed by atoms with Crippen LogP contribution in [0.5, 0.6) is 0 Å². The Balaban J connectivity index is 2.47. The van der Waals surface area contributed by atoms with Crippen molar-refractivity contribution in [3.8, 4) is 0 Å². The zero-order valence-corrected chi connectivity index (χ0v) is 14.7. The van der Waals surface area contributed by atoms with E-state index in [1.54, 1.807) is 13.8 Å². The summed E-state index contributed by atoms with van der Waals surface area (Å²) >= 11 is 0. The molecular formula is C17H25NO4S. The van der Waals surface area contributed by atoms with E-state index in [9.17, 15) is 13.2 Å². The first kappa shape index (κ1) is 17.9. The number of carbonyl (C=O) groups excluding carboxylic acids is 1. The predicted octanol–water partition coefficient (Wildman–Crippen LogP) is 1.66. The molecule has 0 bridgehead atoms. The van der Waals surface area contributed by atoms with Crippen molar-refractivity contribution in [1.29, 1.82) is 0 Å². The van der Waals surface area contributed by atoms with Gasteiger partial charge in [0.15, 0.2) is 9.84 Å². The topological polar surface area (TPSA) is 86.5 Å². The summed E-state index contributed by atoms with van der Waals surface area (Å²) in [4.78, 5) is 12.5. The van der Waals surface area contributed by atoms with Gasteiger partial charge in [0, 0.05) is 18.2 Å². The average Bonchev–Trinajstić information content (AvgIpc) is 3.26. The van der Waals surface area contributed by atoms with Gasteiger partial charge in [-0.1, -0.05) is 38.1 Å². The van der Waals surface area contributed by atoms with Crippen molar-refractivity contribution in [3.05, 3.63) is 35.4 Å². The van der Waals surface area contributed by atoms with Crippen LogP contribution in [0.3, 0.4) is 0 Å². The summed E-state index contributed by atoms with van der Waals surface area (Å²) in [6.45, 7) is 5.53. The molecule has 3 atom stereocenters. The predicted molar refractivity (Wildman–Crippen MR) is 89.9 cm³/mol. The van der Waals surface area contributed by atoms with Crippen LogP contribution in [0.4, 0.5) is 0 Å². The van der Waals surface area contributed by atoms with Gasteiger partial charge < -0.3 is 10.5 Å². The maximum atomic E-state index is 12.5. The zero-order valence-electron chi connectivity index (χ0n) is 13.9. The molecule has 1 aliphatic carbocycles. The molecular weight excluding hydrogens is 314 g/mol. The van der Waals surface area contributed by atoms with Gasteiger partial charge in [-0.25, -0.2) is 8.42 Å². The SMILES string of the molecule is CCOC(=O)[C@@]1(CN)[C@H](c2ccc(CC)cc2)[C@@H]1S(=O)(=O)CC. The highest BCUT2D eigenvalue weighted by Crippen LogP contribution is 2.63. The highest BCUT2D eigenvalue weighted by Gasteiger charge is 2.74. The molecule has 2 N–H and O–H groups in total. The summed E-state index contributed by atoms with van der Waals surface area (Å²) in [5.74, 6) is -0.945. The summed E-state index contributed by atoms with van der Waals surface area (Å²) in [5, 5.41) is -0.795. The Morgan fingerprint density at radius 2 is 1.83 bits per heavy atom. The Morgan fingerprint density at radius 1 is 1.22 bits per heavy atom. The van der Waals surface area contributed by atoms with Crippen LogP contribution >= 0.6 is 0 Å². The number of benzene rings is 1. The molecule has 1 fully saturated rings. The minimum Gasteiger partial charge on any atom is -0.465 e. The third-order valence-electron chi connectivity index (χ3n) is 4.79. The highest BCUT2D eigenvalue weighted by molar-refractivity contribution is 7.92. The van der Waals surface area contributed by atoms with Gasteiger partial charge in [-0.15, -0.1) is 0 Å². The summed E-state index contributed by atoms with van der Waals surface area (Å²) in [5.41, 5.74) is 6.71. The first-order valence-electron chi connectivity index (χ1n) is 8.06. The smallest absolute Gasteiger partial charge is 0.315 e. The van der Waals surface area contributed by atoms with E-state index in [2.05, 4.69) is 6.92 Å². The molecule has 0 radical (unpaired) electrons. The number of nitrogens with two attached hydrogens (primary N) is 1. The van der Waals surface area contributed by atoms with Crippen LogP contribution in [0.25, 0.3) is 0 Å². The van der Waals surface area contributed by atoms with Gasteiger partial charge in [0.2, 0.25) is 0 Å². The van der Waals surface area contributed by atoms with Crippen molar-refractivity contribution in [2.75, 3.05) is 18.9 Å². The summed E-state index contributed by atoms with van der Waals surface area (Å²) in [6, 6.07) is 7.74. The molecule has 1 aromatic rings. The molecule has 128 valence electrons. The summed E-state index contributed by atoms with van der Waals surface area (Å²) in [7, 11) is -3.40. The molecule has 1 saturated carbocycles. The lowest BCUT2D eigenvalue weighted by Gasteiger charge is -2.14. The zero-order chi connectivity index (χ0) is 17.3. The number of sulfone groups is 1. The quantitative estimate of drug-likeness (QED) is 0.764. The van der Waals surface area contributed by atoms with Gasteiger partial charge in [-0.2, -0.15) is 0 Å². The Bertz CT molecular complexity index is 668. The lowest BCUT2D eigenvalue weighted by Crippen LogP contribution is -2.34. The number of rotatable bonds is 7. The van der Waals surface area contributed by atoms with Crippen molar-refractivity contribution in [1.82, 2.24) is 0 Å². The van der Waals surface area contributed by atoms with Gasteiger partial charge in [0.05, 0.1) is 11.9 Å². The second kappa shape index (κ2) is 6.61. The van der Waals surface area contributed by atoms with Crippen LogP contribution in [0.2, 0.25) is 0 Å². The molecule has 23 heavy (non-hydrogen) atoms. The van der Waals surface area contributed by atoms with E-state index in [4.69, 9.17) is 10.5 Å².